The van der Waals surface area contributed by atoms with Crippen molar-refractivity contribution < 1.29 is 24.4 Å². The van der Waals surface area contributed by atoms with Crippen LogP contribution in [0.15, 0.2) is 18.2 Å². The van der Waals surface area contributed by atoms with Crippen LogP contribution in [0.4, 0.5) is 5.69 Å². The number of hydrogen-bond acceptors (Lipinski definition) is 5. The lowest BCUT2D eigenvalue weighted by Gasteiger charge is -2.06. The number of benzene rings is 1. The first kappa shape index (κ1) is 13.4. The highest BCUT2D eigenvalue weighted by Gasteiger charge is 2.20. The zero-order chi connectivity index (χ0) is 13.7. The third-order valence-electron chi connectivity index (χ3n) is 2.04. The summed E-state index contributed by atoms with van der Waals surface area (Å²) in [5.74, 6) is -1.76. The second-order valence-electron chi connectivity index (χ2n) is 3.20. The largest absolute Gasteiger partial charge is 0.484 e. The predicted octanol–water partition coefficient (Wildman–Crippen LogP) is 0.418. The molecule has 2 N–H and O–H groups in total. The fraction of sp³-hybridized carbons (Fsp3) is 0.200. The molecule has 0 aliphatic carbocycles. The van der Waals surface area contributed by atoms with Gasteiger partial charge in [-0.05, 0) is 6.07 Å². The molecule has 0 heterocycles. The van der Waals surface area contributed by atoms with Gasteiger partial charge in [-0.1, -0.05) is 0 Å². The normalized spacial score (nSPS) is 9.61. The molecule has 0 atom stereocenters. The quantitative estimate of drug-likeness (QED) is 0.580. The minimum absolute atomic E-state index is 0.0709. The molecule has 1 aromatic rings. The predicted molar refractivity (Wildman–Crippen MR) is 59.6 cm³/mol. The number of carboxylic acid groups (broad SMARTS) is 1. The minimum atomic E-state index is -1.44. The van der Waals surface area contributed by atoms with E-state index in [2.05, 4.69) is 5.32 Å². The van der Waals surface area contributed by atoms with E-state index in [1.54, 1.807) is 0 Å². The van der Waals surface area contributed by atoms with E-state index < -0.39 is 28.1 Å². The van der Waals surface area contributed by atoms with Gasteiger partial charge in [0.05, 0.1) is 4.92 Å². The molecule has 0 fully saturated rings. The molecule has 8 nitrogen and oxygen atoms in total. The summed E-state index contributed by atoms with van der Waals surface area (Å²) in [4.78, 5) is 31.5. The number of nitrogens with zero attached hydrogens (tertiary/aromatic N) is 1. The number of ether oxygens (including phenoxy) is 1. The van der Waals surface area contributed by atoms with E-state index in [0.29, 0.717) is 0 Å². The highest BCUT2D eigenvalue weighted by atomic mass is 16.6. The molecule has 1 aromatic carbocycles. The maximum Gasteiger partial charge on any atom is 0.342 e. The first-order valence-electron chi connectivity index (χ1n) is 4.80. The summed E-state index contributed by atoms with van der Waals surface area (Å²) in [6, 6.07) is 3.25. The van der Waals surface area contributed by atoms with Crippen molar-refractivity contribution in [2.45, 2.75) is 0 Å². The van der Waals surface area contributed by atoms with E-state index in [-0.39, 0.29) is 12.4 Å². The van der Waals surface area contributed by atoms with E-state index >= 15 is 0 Å². The average molecular weight is 254 g/mol. The van der Waals surface area contributed by atoms with Crippen molar-refractivity contribution in [2.24, 2.45) is 0 Å². The number of nitro groups is 1. The summed E-state index contributed by atoms with van der Waals surface area (Å²) in [5.41, 5.74) is -1.02. The number of amides is 1. The molecule has 0 unspecified atom stereocenters. The zero-order valence-electron chi connectivity index (χ0n) is 9.37. The van der Waals surface area contributed by atoms with Gasteiger partial charge in [-0.2, -0.15) is 0 Å². The van der Waals surface area contributed by atoms with Crippen molar-refractivity contribution in [3.8, 4) is 5.75 Å². The summed E-state index contributed by atoms with van der Waals surface area (Å²) < 4.78 is 4.99. The molecule has 96 valence electrons. The summed E-state index contributed by atoms with van der Waals surface area (Å²) in [6.07, 6.45) is 0. The Labute approximate surface area is 101 Å². The highest BCUT2D eigenvalue weighted by Crippen LogP contribution is 2.24. The molecule has 1 amide bonds. The van der Waals surface area contributed by atoms with E-state index in [0.717, 1.165) is 12.1 Å². The number of aromatic carboxylic acids is 1. The van der Waals surface area contributed by atoms with Crippen LogP contribution in [0.1, 0.15) is 10.4 Å². The van der Waals surface area contributed by atoms with Gasteiger partial charge >= 0.3 is 5.97 Å². The fourth-order valence-corrected chi connectivity index (χ4v) is 1.16. The third-order valence-corrected chi connectivity index (χ3v) is 2.04. The molecule has 8 heteroatoms. The molecule has 0 radical (unpaired) electrons. The van der Waals surface area contributed by atoms with Crippen LogP contribution >= 0.6 is 0 Å². The monoisotopic (exact) mass is 254 g/mol. The Kier molecular flexibility index (Phi) is 4.19. The van der Waals surface area contributed by atoms with Crippen LogP contribution in [-0.4, -0.2) is 35.6 Å². The SMILES string of the molecule is CNC(=O)COc1ccc([N+](=O)[O-])c(C(=O)O)c1. The van der Waals surface area contributed by atoms with E-state index in [4.69, 9.17) is 9.84 Å². The maximum absolute atomic E-state index is 10.9. The smallest absolute Gasteiger partial charge is 0.342 e. The molecule has 1 rings (SSSR count). The number of carbonyl (C=O) groups is 2. The van der Waals surface area contributed by atoms with Gasteiger partial charge in [0.2, 0.25) is 0 Å². The first-order valence-corrected chi connectivity index (χ1v) is 4.80. The summed E-state index contributed by atoms with van der Waals surface area (Å²) >= 11 is 0. The van der Waals surface area contributed by atoms with Crippen molar-refractivity contribution in [3.63, 3.8) is 0 Å². The number of carboxylic acids is 1. The Hall–Kier alpha value is -2.64. The van der Waals surface area contributed by atoms with Gasteiger partial charge in [0, 0.05) is 19.2 Å². The summed E-state index contributed by atoms with van der Waals surface area (Å²) in [5, 5.41) is 21.7. The highest BCUT2D eigenvalue weighted by molar-refractivity contribution is 5.92. The molecule has 0 aromatic heterocycles. The Morgan fingerprint density at radius 3 is 2.67 bits per heavy atom. The number of likely N-dealkylation sites (N-methyl/N-ethyl adjacent to an activating group) is 1. The standard InChI is InChI=1S/C10H10N2O6/c1-11-9(13)5-18-6-2-3-8(12(16)17)7(4-6)10(14)15/h2-4H,5H2,1H3,(H,11,13)(H,14,15). The molecular weight excluding hydrogens is 244 g/mol. The lowest BCUT2D eigenvalue weighted by molar-refractivity contribution is -0.385. The van der Waals surface area contributed by atoms with E-state index in [1.807, 2.05) is 0 Å². The second kappa shape index (κ2) is 5.62. The minimum Gasteiger partial charge on any atom is -0.484 e. The summed E-state index contributed by atoms with van der Waals surface area (Å²) in [6.45, 7) is -0.298. The van der Waals surface area contributed by atoms with Gasteiger partial charge in [-0.25, -0.2) is 4.79 Å². The van der Waals surface area contributed by atoms with Crippen LogP contribution < -0.4 is 10.1 Å². The van der Waals surface area contributed by atoms with Crippen molar-refractivity contribution in [3.05, 3.63) is 33.9 Å². The van der Waals surface area contributed by atoms with Crippen LogP contribution in [-0.2, 0) is 4.79 Å². The summed E-state index contributed by atoms with van der Waals surface area (Å²) in [7, 11) is 1.42. The molecule has 0 spiro atoms. The van der Waals surface area contributed by atoms with Crippen molar-refractivity contribution >= 4 is 17.6 Å². The van der Waals surface area contributed by atoms with Crippen molar-refractivity contribution in [1.82, 2.24) is 5.32 Å². The lowest BCUT2D eigenvalue weighted by atomic mass is 10.1. The fourth-order valence-electron chi connectivity index (χ4n) is 1.16. The number of nitro benzene ring substituents is 1. The van der Waals surface area contributed by atoms with Gasteiger partial charge in [0.15, 0.2) is 6.61 Å². The Balaban J connectivity index is 2.97. The van der Waals surface area contributed by atoms with Crippen LogP contribution in [0.25, 0.3) is 0 Å². The van der Waals surface area contributed by atoms with Crippen LogP contribution in [0.3, 0.4) is 0 Å². The van der Waals surface area contributed by atoms with Gasteiger partial charge in [-0.15, -0.1) is 0 Å². The van der Waals surface area contributed by atoms with Crippen LogP contribution in [0.5, 0.6) is 5.75 Å². The zero-order valence-corrected chi connectivity index (χ0v) is 9.37. The number of carbonyl (C=O) groups excluding carboxylic acids is 1. The van der Waals surface area contributed by atoms with Crippen molar-refractivity contribution in [1.29, 1.82) is 0 Å². The molecule has 0 aliphatic heterocycles. The number of rotatable bonds is 5. The van der Waals surface area contributed by atoms with Gasteiger partial charge in [0.1, 0.15) is 11.3 Å². The molecule has 0 saturated heterocycles. The Morgan fingerprint density at radius 1 is 1.50 bits per heavy atom. The van der Waals surface area contributed by atoms with Crippen LogP contribution in [0, 0.1) is 10.1 Å². The van der Waals surface area contributed by atoms with Gasteiger partial charge in [-0.3, -0.25) is 14.9 Å². The first-order chi connectivity index (χ1) is 8.45. The number of nitrogens with one attached hydrogen (secondary N) is 1. The van der Waals surface area contributed by atoms with Crippen LogP contribution in [0.2, 0.25) is 0 Å². The van der Waals surface area contributed by atoms with Crippen molar-refractivity contribution in [2.75, 3.05) is 13.7 Å². The Bertz CT molecular complexity index is 499. The maximum atomic E-state index is 10.9. The van der Waals surface area contributed by atoms with E-state index in [1.165, 1.54) is 13.1 Å². The van der Waals surface area contributed by atoms with Gasteiger partial charge in [0.25, 0.3) is 11.6 Å². The average Bonchev–Trinajstić information content (AvgIpc) is 2.35. The molecular formula is C10H10N2O6. The van der Waals surface area contributed by atoms with Gasteiger partial charge < -0.3 is 15.2 Å². The third kappa shape index (κ3) is 3.17. The molecule has 0 aliphatic rings. The lowest BCUT2D eigenvalue weighted by Crippen LogP contribution is -2.24. The molecule has 0 saturated carbocycles. The second-order valence-corrected chi connectivity index (χ2v) is 3.20. The molecule has 0 bridgehead atoms. The Morgan fingerprint density at radius 2 is 2.17 bits per heavy atom. The van der Waals surface area contributed by atoms with E-state index in [9.17, 15) is 19.7 Å². The topological polar surface area (TPSA) is 119 Å². The molecule has 18 heavy (non-hydrogen) atoms. The number of hydrogen-bond donors (Lipinski definition) is 2.